The zero-order valence-corrected chi connectivity index (χ0v) is 14.2. The molecule has 2 amide bonds. The number of nitrogens with zero attached hydrogens (tertiary/aromatic N) is 2. The number of rotatable bonds is 5. The summed E-state index contributed by atoms with van der Waals surface area (Å²) in [4.78, 5) is 30.5. The molecule has 6 nitrogen and oxygen atoms in total. The predicted molar refractivity (Wildman–Crippen MR) is 98.6 cm³/mol. The highest BCUT2D eigenvalue weighted by molar-refractivity contribution is 6.21. The number of carbonyl (C=O) groups excluding carboxylic acids is 2. The van der Waals surface area contributed by atoms with E-state index in [1.165, 1.54) is 4.90 Å². The Morgan fingerprint density at radius 1 is 1.04 bits per heavy atom. The van der Waals surface area contributed by atoms with Crippen LogP contribution in [0, 0.1) is 0 Å². The fourth-order valence-corrected chi connectivity index (χ4v) is 3.16. The average molecular weight is 347 g/mol. The fraction of sp³-hybridized carbons (Fsp3) is 0.150. The number of aromatic nitrogens is 1. The standard InChI is InChI=1S/C20H17N3O3/c1-26-14-11-13-5-4-8-22-18(13)17(12-14)21-9-10-23-19(24)15-6-2-3-7-16(15)20(23)25/h2-8,11-12,21H,9-10H2,1H3. The zero-order valence-electron chi connectivity index (χ0n) is 14.2. The van der Waals surface area contributed by atoms with Gasteiger partial charge in [0, 0.05) is 30.7 Å². The van der Waals surface area contributed by atoms with Crippen LogP contribution in [0.4, 0.5) is 5.69 Å². The number of methoxy groups -OCH3 is 1. The van der Waals surface area contributed by atoms with Crippen molar-refractivity contribution >= 4 is 28.4 Å². The number of nitrogens with one attached hydrogen (secondary N) is 1. The highest BCUT2D eigenvalue weighted by Gasteiger charge is 2.34. The van der Waals surface area contributed by atoms with Crippen molar-refractivity contribution < 1.29 is 14.3 Å². The predicted octanol–water partition coefficient (Wildman–Crippen LogP) is 2.95. The Morgan fingerprint density at radius 3 is 2.46 bits per heavy atom. The van der Waals surface area contributed by atoms with Crippen molar-refractivity contribution in [2.45, 2.75) is 0 Å². The summed E-state index contributed by atoms with van der Waals surface area (Å²) in [7, 11) is 1.61. The van der Waals surface area contributed by atoms with E-state index < -0.39 is 0 Å². The van der Waals surface area contributed by atoms with Gasteiger partial charge in [-0.15, -0.1) is 0 Å². The molecule has 0 radical (unpaired) electrons. The maximum absolute atomic E-state index is 12.4. The monoisotopic (exact) mass is 347 g/mol. The van der Waals surface area contributed by atoms with Crippen LogP contribution in [0.1, 0.15) is 20.7 Å². The minimum Gasteiger partial charge on any atom is -0.497 e. The molecule has 1 aliphatic rings. The molecule has 0 unspecified atom stereocenters. The van der Waals surface area contributed by atoms with Gasteiger partial charge < -0.3 is 10.1 Å². The van der Waals surface area contributed by atoms with Crippen LogP contribution in [0.5, 0.6) is 5.75 Å². The largest absolute Gasteiger partial charge is 0.497 e. The number of ether oxygens (including phenoxy) is 1. The Bertz CT molecular complexity index is 981. The number of benzene rings is 2. The van der Waals surface area contributed by atoms with Gasteiger partial charge in [-0.25, -0.2) is 0 Å². The number of anilines is 1. The summed E-state index contributed by atoms with van der Waals surface area (Å²) in [6.07, 6.45) is 1.73. The highest BCUT2D eigenvalue weighted by atomic mass is 16.5. The van der Waals surface area contributed by atoms with Crippen molar-refractivity contribution in [3.05, 3.63) is 65.9 Å². The van der Waals surface area contributed by atoms with Gasteiger partial charge in [-0.3, -0.25) is 19.5 Å². The van der Waals surface area contributed by atoms with E-state index in [1.807, 2.05) is 24.3 Å². The summed E-state index contributed by atoms with van der Waals surface area (Å²) in [6.45, 7) is 0.697. The van der Waals surface area contributed by atoms with E-state index in [9.17, 15) is 9.59 Å². The van der Waals surface area contributed by atoms with Crippen LogP contribution in [0.3, 0.4) is 0 Å². The normalized spacial score (nSPS) is 13.2. The third kappa shape index (κ3) is 2.65. The molecule has 1 N–H and O–H groups in total. The van der Waals surface area contributed by atoms with Crippen LogP contribution in [0.2, 0.25) is 0 Å². The molecule has 130 valence electrons. The van der Waals surface area contributed by atoms with Crippen molar-refractivity contribution in [3.63, 3.8) is 0 Å². The van der Waals surface area contributed by atoms with Crippen molar-refractivity contribution in [2.24, 2.45) is 0 Å². The molecule has 0 atom stereocenters. The van der Waals surface area contributed by atoms with E-state index in [2.05, 4.69) is 10.3 Å². The van der Waals surface area contributed by atoms with Crippen LogP contribution in [0.15, 0.2) is 54.7 Å². The SMILES string of the molecule is COc1cc(NCCN2C(=O)c3ccccc3C2=O)c2ncccc2c1. The van der Waals surface area contributed by atoms with Gasteiger partial charge in [0.2, 0.25) is 0 Å². The highest BCUT2D eigenvalue weighted by Crippen LogP contribution is 2.28. The fourth-order valence-electron chi connectivity index (χ4n) is 3.16. The molecule has 2 aromatic carbocycles. The first-order valence-electron chi connectivity index (χ1n) is 8.31. The third-order valence-corrected chi connectivity index (χ3v) is 4.44. The smallest absolute Gasteiger partial charge is 0.261 e. The first-order valence-corrected chi connectivity index (χ1v) is 8.31. The summed E-state index contributed by atoms with van der Waals surface area (Å²) in [6, 6.07) is 14.5. The van der Waals surface area contributed by atoms with Crippen LogP contribution >= 0.6 is 0 Å². The van der Waals surface area contributed by atoms with Crippen molar-refractivity contribution in [1.29, 1.82) is 0 Å². The molecule has 0 saturated heterocycles. The van der Waals surface area contributed by atoms with E-state index >= 15 is 0 Å². The Hall–Kier alpha value is -3.41. The van der Waals surface area contributed by atoms with Gasteiger partial charge in [0.1, 0.15) is 5.75 Å². The lowest BCUT2D eigenvalue weighted by Gasteiger charge is -2.16. The molecule has 1 aromatic heterocycles. The Labute approximate surface area is 150 Å². The van der Waals surface area contributed by atoms with Crippen molar-refractivity contribution in [1.82, 2.24) is 9.88 Å². The molecule has 0 spiro atoms. The Morgan fingerprint density at radius 2 is 1.77 bits per heavy atom. The number of amides is 2. The van der Waals surface area contributed by atoms with Gasteiger partial charge in [0.05, 0.1) is 29.4 Å². The van der Waals surface area contributed by atoms with E-state index in [1.54, 1.807) is 37.6 Å². The number of pyridine rings is 1. The topological polar surface area (TPSA) is 71.5 Å². The lowest BCUT2D eigenvalue weighted by Crippen LogP contribution is -2.34. The van der Waals surface area contributed by atoms with Gasteiger partial charge >= 0.3 is 0 Å². The van der Waals surface area contributed by atoms with Crippen LogP contribution in [-0.2, 0) is 0 Å². The third-order valence-electron chi connectivity index (χ3n) is 4.44. The van der Waals surface area contributed by atoms with Gasteiger partial charge in [0.15, 0.2) is 0 Å². The molecule has 0 fully saturated rings. The average Bonchev–Trinajstić information content (AvgIpc) is 2.93. The molecule has 3 aromatic rings. The first kappa shape index (κ1) is 16.1. The second-order valence-electron chi connectivity index (χ2n) is 5.98. The van der Waals surface area contributed by atoms with E-state index in [4.69, 9.17) is 4.74 Å². The number of hydrogen-bond donors (Lipinski definition) is 1. The summed E-state index contributed by atoms with van der Waals surface area (Å²) in [5.41, 5.74) is 2.55. The van der Waals surface area contributed by atoms with Gasteiger partial charge in [-0.2, -0.15) is 0 Å². The number of hydrogen-bond acceptors (Lipinski definition) is 5. The second kappa shape index (κ2) is 6.48. The van der Waals surface area contributed by atoms with E-state index in [-0.39, 0.29) is 18.4 Å². The van der Waals surface area contributed by atoms with Crippen LogP contribution in [0.25, 0.3) is 10.9 Å². The van der Waals surface area contributed by atoms with Crippen LogP contribution in [-0.4, -0.2) is 41.9 Å². The van der Waals surface area contributed by atoms with Crippen molar-refractivity contribution in [3.8, 4) is 5.75 Å². The minimum absolute atomic E-state index is 0.249. The molecule has 26 heavy (non-hydrogen) atoms. The van der Waals surface area contributed by atoms with Crippen LogP contribution < -0.4 is 10.1 Å². The maximum atomic E-state index is 12.4. The molecule has 0 aliphatic carbocycles. The summed E-state index contributed by atoms with van der Waals surface area (Å²) >= 11 is 0. The molecule has 4 rings (SSSR count). The Kier molecular flexibility index (Phi) is 4.01. The second-order valence-corrected chi connectivity index (χ2v) is 5.98. The first-order chi connectivity index (χ1) is 12.7. The molecule has 0 saturated carbocycles. The van der Waals surface area contributed by atoms with Crippen molar-refractivity contribution in [2.75, 3.05) is 25.5 Å². The van der Waals surface area contributed by atoms with Gasteiger partial charge in [0.25, 0.3) is 11.8 Å². The number of imide groups is 1. The molecule has 1 aliphatic heterocycles. The van der Waals surface area contributed by atoms with Gasteiger partial charge in [-0.1, -0.05) is 18.2 Å². The molecular weight excluding hydrogens is 330 g/mol. The van der Waals surface area contributed by atoms with E-state index in [0.29, 0.717) is 23.4 Å². The summed E-state index contributed by atoms with van der Waals surface area (Å²) in [5.74, 6) is 0.218. The molecule has 6 heteroatoms. The zero-order chi connectivity index (χ0) is 18.1. The molecule has 0 bridgehead atoms. The van der Waals surface area contributed by atoms with E-state index in [0.717, 1.165) is 16.6 Å². The summed E-state index contributed by atoms with van der Waals surface area (Å²) in [5, 5.41) is 4.22. The maximum Gasteiger partial charge on any atom is 0.261 e. The lowest BCUT2D eigenvalue weighted by atomic mass is 10.1. The quantitative estimate of drug-likeness (QED) is 0.719. The Balaban J connectivity index is 1.52. The number of fused-ring (bicyclic) bond motifs is 2. The molecule has 2 heterocycles. The summed E-state index contributed by atoms with van der Waals surface area (Å²) < 4.78 is 5.33. The van der Waals surface area contributed by atoms with Gasteiger partial charge in [-0.05, 0) is 24.3 Å². The number of carbonyl (C=O) groups is 2. The molecular formula is C20H17N3O3. The lowest BCUT2D eigenvalue weighted by molar-refractivity contribution is 0.0660. The minimum atomic E-state index is -0.249.